The molecule has 0 aliphatic carbocycles. The fourth-order valence-electron chi connectivity index (χ4n) is 4.71. The summed E-state index contributed by atoms with van der Waals surface area (Å²) < 4.78 is 16.9. The number of benzene rings is 3. The molecule has 0 fully saturated rings. The minimum atomic E-state index is -1.46. The summed E-state index contributed by atoms with van der Waals surface area (Å²) in [6, 6.07) is 25.3. The van der Waals surface area contributed by atoms with Crippen LogP contribution in [0.1, 0.15) is 46.8 Å². The first kappa shape index (κ1) is 23.2. The second-order valence-electron chi connectivity index (χ2n) is 7.91. The van der Waals surface area contributed by atoms with E-state index in [4.69, 9.17) is 14.2 Å². The number of carbonyl (C=O) groups is 3. The van der Waals surface area contributed by atoms with Crippen LogP contribution in [0.4, 0.5) is 0 Å². The third-order valence-corrected chi connectivity index (χ3v) is 6.01. The Bertz CT molecular complexity index is 1160. The van der Waals surface area contributed by atoms with Crippen LogP contribution >= 0.6 is 0 Å². The average Bonchev–Trinajstić information content (AvgIpc) is 3.17. The first-order valence-electron chi connectivity index (χ1n) is 11.3. The number of cyclic esters (lactones) is 1. The Balaban J connectivity index is 2.06. The molecule has 2 atom stereocenters. The van der Waals surface area contributed by atoms with Gasteiger partial charge in [-0.25, -0.2) is 4.79 Å². The fraction of sp³-hybridized carbons (Fsp3) is 0.250. The number of rotatable bonds is 8. The molecule has 174 valence electrons. The SMILES string of the molecule is CCOC(=O)C(C(=O)OCC)[C@@H](c1ccccc1)[C@]1(c2ccccc2)OC(=O)c2ccccc21. The van der Waals surface area contributed by atoms with Crippen LogP contribution in [0.3, 0.4) is 0 Å². The van der Waals surface area contributed by atoms with Crippen molar-refractivity contribution in [3.63, 3.8) is 0 Å². The van der Waals surface area contributed by atoms with E-state index in [-0.39, 0.29) is 13.2 Å². The second-order valence-corrected chi connectivity index (χ2v) is 7.91. The Hall–Kier alpha value is -3.93. The van der Waals surface area contributed by atoms with Crippen LogP contribution in [-0.4, -0.2) is 31.1 Å². The van der Waals surface area contributed by atoms with Crippen molar-refractivity contribution in [1.29, 1.82) is 0 Å². The second kappa shape index (κ2) is 9.91. The van der Waals surface area contributed by atoms with E-state index in [0.717, 1.165) is 0 Å². The maximum atomic E-state index is 13.3. The van der Waals surface area contributed by atoms with Crippen LogP contribution in [0, 0.1) is 5.92 Å². The quantitative estimate of drug-likeness (QED) is 0.278. The normalized spacial score (nSPS) is 17.6. The summed E-state index contributed by atoms with van der Waals surface area (Å²) in [5, 5.41) is 0. The Kier molecular flexibility index (Phi) is 6.77. The van der Waals surface area contributed by atoms with E-state index in [0.29, 0.717) is 22.3 Å². The molecule has 0 aromatic heterocycles. The van der Waals surface area contributed by atoms with Gasteiger partial charge in [0, 0.05) is 11.1 Å². The van der Waals surface area contributed by atoms with Crippen LogP contribution in [0.25, 0.3) is 0 Å². The highest BCUT2D eigenvalue weighted by atomic mass is 16.6. The third-order valence-electron chi connectivity index (χ3n) is 6.01. The summed E-state index contributed by atoms with van der Waals surface area (Å²) in [7, 11) is 0. The molecule has 6 nitrogen and oxygen atoms in total. The summed E-state index contributed by atoms with van der Waals surface area (Å²) in [4.78, 5) is 39.8. The zero-order valence-corrected chi connectivity index (χ0v) is 19.1. The molecule has 34 heavy (non-hydrogen) atoms. The van der Waals surface area contributed by atoms with Gasteiger partial charge in [-0.1, -0.05) is 78.9 Å². The molecule has 0 amide bonds. The summed E-state index contributed by atoms with van der Waals surface area (Å²) in [6.45, 7) is 3.53. The predicted octanol–water partition coefficient (Wildman–Crippen LogP) is 4.63. The summed E-state index contributed by atoms with van der Waals surface area (Å²) in [5.74, 6) is -4.30. The highest BCUT2D eigenvalue weighted by Crippen LogP contribution is 2.54. The largest absolute Gasteiger partial charge is 0.465 e. The topological polar surface area (TPSA) is 78.9 Å². The van der Waals surface area contributed by atoms with E-state index < -0.39 is 35.3 Å². The Morgan fingerprint density at radius 1 is 0.794 bits per heavy atom. The summed E-state index contributed by atoms with van der Waals surface area (Å²) >= 11 is 0. The molecule has 0 spiro atoms. The molecular weight excluding hydrogens is 432 g/mol. The molecule has 4 rings (SSSR count). The van der Waals surface area contributed by atoms with E-state index in [1.807, 2.05) is 66.7 Å². The minimum absolute atomic E-state index is 0.0883. The summed E-state index contributed by atoms with van der Waals surface area (Å²) in [6.07, 6.45) is 0. The van der Waals surface area contributed by atoms with Crippen molar-refractivity contribution in [2.75, 3.05) is 13.2 Å². The van der Waals surface area contributed by atoms with Gasteiger partial charge in [0.05, 0.1) is 24.7 Å². The zero-order valence-electron chi connectivity index (χ0n) is 19.1. The van der Waals surface area contributed by atoms with Crippen molar-refractivity contribution >= 4 is 17.9 Å². The minimum Gasteiger partial charge on any atom is -0.465 e. The molecule has 0 unspecified atom stereocenters. The first-order valence-corrected chi connectivity index (χ1v) is 11.3. The summed E-state index contributed by atoms with van der Waals surface area (Å²) in [5.41, 5.74) is 0.792. The van der Waals surface area contributed by atoms with E-state index in [9.17, 15) is 14.4 Å². The fourth-order valence-corrected chi connectivity index (χ4v) is 4.71. The van der Waals surface area contributed by atoms with Crippen molar-refractivity contribution in [3.05, 3.63) is 107 Å². The molecule has 3 aromatic carbocycles. The van der Waals surface area contributed by atoms with Gasteiger partial charge < -0.3 is 14.2 Å². The lowest BCUT2D eigenvalue weighted by atomic mass is 9.67. The van der Waals surface area contributed by atoms with Gasteiger partial charge in [0.2, 0.25) is 0 Å². The standard InChI is InChI=1S/C28H26O6/c1-3-32-26(30)23(27(31)33-4-2)24(19-13-7-5-8-14-19)28(20-15-9-6-10-16-20)22-18-12-11-17-21(22)25(29)34-28/h5-18,23-24H,3-4H2,1-2H3/t24-,28-/m1/s1. The van der Waals surface area contributed by atoms with Gasteiger partial charge in [-0.15, -0.1) is 0 Å². The lowest BCUT2D eigenvalue weighted by Crippen LogP contribution is -2.45. The van der Waals surface area contributed by atoms with Crippen molar-refractivity contribution in [2.45, 2.75) is 25.4 Å². The molecule has 1 heterocycles. The molecular formula is C28H26O6. The van der Waals surface area contributed by atoms with Crippen molar-refractivity contribution in [3.8, 4) is 0 Å². The monoisotopic (exact) mass is 458 g/mol. The van der Waals surface area contributed by atoms with E-state index in [1.165, 1.54) is 0 Å². The number of carbonyl (C=O) groups excluding carboxylic acids is 3. The van der Waals surface area contributed by atoms with Crippen LogP contribution in [0.5, 0.6) is 0 Å². The smallest absolute Gasteiger partial charge is 0.339 e. The van der Waals surface area contributed by atoms with Crippen LogP contribution in [0.2, 0.25) is 0 Å². The molecule has 1 aliphatic rings. The Morgan fingerprint density at radius 3 is 1.91 bits per heavy atom. The van der Waals surface area contributed by atoms with Gasteiger partial charge in [0.15, 0.2) is 11.5 Å². The highest BCUT2D eigenvalue weighted by molar-refractivity contribution is 5.99. The number of hydrogen-bond acceptors (Lipinski definition) is 6. The van der Waals surface area contributed by atoms with Crippen LogP contribution < -0.4 is 0 Å². The molecule has 1 aliphatic heterocycles. The molecule has 0 saturated carbocycles. The highest BCUT2D eigenvalue weighted by Gasteiger charge is 2.59. The maximum Gasteiger partial charge on any atom is 0.339 e. The average molecular weight is 459 g/mol. The molecule has 0 saturated heterocycles. The number of esters is 3. The first-order chi connectivity index (χ1) is 16.5. The van der Waals surface area contributed by atoms with Gasteiger partial charge in [-0.2, -0.15) is 0 Å². The molecule has 6 heteroatoms. The number of hydrogen-bond donors (Lipinski definition) is 0. The van der Waals surface area contributed by atoms with Crippen molar-refractivity contribution in [2.24, 2.45) is 5.92 Å². The molecule has 0 N–H and O–H groups in total. The third kappa shape index (κ3) is 3.96. The number of fused-ring (bicyclic) bond motifs is 1. The van der Waals surface area contributed by atoms with Crippen LogP contribution in [-0.2, 0) is 29.4 Å². The molecule has 0 radical (unpaired) electrons. The van der Waals surface area contributed by atoms with Crippen LogP contribution in [0.15, 0.2) is 84.9 Å². The van der Waals surface area contributed by atoms with E-state index in [1.54, 1.807) is 32.0 Å². The Labute approximate surface area is 198 Å². The van der Waals surface area contributed by atoms with Gasteiger partial charge in [-0.3, -0.25) is 9.59 Å². The molecule has 3 aromatic rings. The molecule has 0 bridgehead atoms. The van der Waals surface area contributed by atoms with Gasteiger partial charge in [0.25, 0.3) is 0 Å². The van der Waals surface area contributed by atoms with Gasteiger partial charge >= 0.3 is 17.9 Å². The van der Waals surface area contributed by atoms with Crippen molar-refractivity contribution in [1.82, 2.24) is 0 Å². The van der Waals surface area contributed by atoms with Gasteiger partial charge in [-0.05, 0) is 25.5 Å². The predicted molar refractivity (Wildman–Crippen MR) is 125 cm³/mol. The van der Waals surface area contributed by atoms with Crippen molar-refractivity contribution < 1.29 is 28.6 Å². The van der Waals surface area contributed by atoms with E-state index in [2.05, 4.69) is 0 Å². The zero-order chi connectivity index (χ0) is 24.1. The Morgan fingerprint density at radius 2 is 1.32 bits per heavy atom. The maximum absolute atomic E-state index is 13.3. The number of ether oxygens (including phenoxy) is 3. The lowest BCUT2D eigenvalue weighted by Gasteiger charge is -2.40. The lowest BCUT2D eigenvalue weighted by molar-refractivity contribution is -0.166. The van der Waals surface area contributed by atoms with E-state index >= 15 is 0 Å². The van der Waals surface area contributed by atoms with Gasteiger partial charge in [0.1, 0.15) is 0 Å².